The molecule has 33 heavy (non-hydrogen) atoms. The van der Waals surface area contributed by atoms with Crippen LogP contribution in [0.3, 0.4) is 0 Å². The van der Waals surface area contributed by atoms with Gasteiger partial charge in [-0.05, 0) is 35.4 Å². The summed E-state index contributed by atoms with van der Waals surface area (Å²) in [5.41, 5.74) is 2.60. The van der Waals surface area contributed by atoms with Gasteiger partial charge in [0.15, 0.2) is 0 Å². The molecule has 3 rings (SSSR count). The molecule has 0 saturated heterocycles. The zero-order chi connectivity index (χ0) is 23.8. The number of nitrogens with zero attached hydrogens (tertiary/aromatic N) is 3. The molecule has 0 unspecified atom stereocenters. The highest BCUT2D eigenvalue weighted by Gasteiger charge is 2.23. The Morgan fingerprint density at radius 1 is 0.970 bits per heavy atom. The summed E-state index contributed by atoms with van der Waals surface area (Å²) in [6.45, 7) is 7.20. The molecule has 0 bridgehead atoms. The lowest BCUT2D eigenvalue weighted by Gasteiger charge is -2.26. The van der Waals surface area contributed by atoms with Crippen LogP contribution in [-0.2, 0) is 18.6 Å². The highest BCUT2D eigenvalue weighted by atomic mass is 35.5. The van der Waals surface area contributed by atoms with Crippen LogP contribution in [0, 0.1) is 5.92 Å². The summed E-state index contributed by atoms with van der Waals surface area (Å²) in [6, 6.07) is 16.1. The normalized spacial score (nSPS) is 13.5. The number of ether oxygens (including phenoxy) is 2. The van der Waals surface area contributed by atoms with Crippen molar-refractivity contribution in [2.75, 3.05) is 19.1 Å². The van der Waals surface area contributed by atoms with Gasteiger partial charge in [-0.3, -0.25) is 0 Å². The topological polar surface area (TPSA) is 89.6 Å². The maximum absolute atomic E-state index is 10.2. The molecule has 0 saturated carbocycles. The maximum atomic E-state index is 10.2. The van der Waals surface area contributed by atoms with Crippen LogP contribution < -0.4 is 9.47 Å². The van der Waals surface area contributed by atoms with E-state index in [-0.39, 0.29) is 25.2 Å². The van der Waals surface area contributed by atoms with Crippen molar-refractivity contribution in [1.82, 2.24) is 15.0 Å². The Labute approximate surface area is 199 Å². The highest BCUT2D eigenvalue weighted by molar-refractivity contribution is 6.18. The third-order valence-electron chi connectivity index (χ3n) is 5.54. The average molecular weight is 474 g/mol. The van der Waals surface area contributed by atoms with Gasteiger partial charge in [0, 0.05) is 17.2 Å². The second-order valence-electron chi connectivity index (χ2n) is 8.80. The number of aliphatic hydroxyl groups is 2. The lowest BCUT2D eigenvalue weighted by Crippen LogP contribution is -2.24. The second kappa shape index (κ2) is 11.5. The highest BCUT2D eigenvalue weighted by Crippen LogP contribution is 2.33. The molecule has 0 aliphatic carbocycles. The number of benzene rings is 2. The smallest absolute Gasteiger partial charge is 0.119 e. The Morgan fingerprint density at radius 2 is 1.52 bits per heavy atom. The summed E-state index contributed by atoms with van der Waals surface area (Å²) in [6.07, 6.45) is 0.849. The number of hydrogen-bond acceptors (Lipinski definition) is 6. The van der Waals surface area contributed by atoms with Crippen LogP contribution in [0.5, 0.6) is 11.5 Å². The van der Waals surface area contributed by atoms with Crippen LogP contribution >= 0.6 is 11.6 Å². The van der Waals surface area contributed by atoms with Crippen LogP contribution in [0.1, 0.15) is 37.6 Å². The molecule has 0 aliphatic heterocycles. The van der Waals surface area contributed by atoms with Crippen molar-refractivity contribution >= 4 is 11.6 Å². The van der Waals surface area contributed by atoms with Crippen LogP contribution in [0.25, 0.3) is 0 Å². The van der Waals surface area contributed by atoms with Gasteiger partial charge in [-0.15, -0.1) is 16.7 Å². The molecule has 0 radical (unpaired) electrons. The SMILES string of the molecule is C[C@H](CCl)COc1ccc(C(C)(C)c2ccc(OC[C@@H](O)Cn3cc(CO)nn3)cc2)cc1. The van der Waals surface area contributed by atoms with Crippen molar-refractivity contribution < 1.29 is 19.7 Å². The molecule has 8 heteroatoms. The van der Waals surface area contributed by atoms with Crippen molar-refractivity contribution in [3.05, 3.63) is 71.5 Å². The van der Waals surface area contributed by atoms with Crippen molar-refractivity contribution in [2.24, 2.45) is 5.92 Å². The Morgan fingerprint density at radius 3 is 2.00 bits per heavy atom. The van der Waals surface area contributed by atoms with E-state index in [0.717, 1.165) is 11.3 Å². The number of aliphatic hydroxyl groups excluding tert-OH is 2. The lowest BCUT2D eigenvalue weighted by atomic mass is 9.78. The lowest BCUT2D eigenvalue weighted by molar-refractivity contribution is 0.0888. The van der Waals surface area contributed by atoms with E-state index in [2.05, 4.69) is 43.2 Å². The second-order valence-corrected chi connectivity index (χ2v) is 9.11. The molecular weight excluding hydrogens is 442 g/mol. The zero-order valence-electron chi connectivity index (χ0n) is 19.3. The first-order valence-corrected chi connectivity index (χ1v) is 11.6. The number of halogens is 1. The number of rotatable bonds is 12. The van der Waals surface area contributed by atoms with Gasteiger partial charge in [-0.25, -0.2) is 4.68 Å². The van der Waals surface area contributed by atoms with Gasteiger partial charge in [-0.1, -0.05) is 50.3 Å². The molecule has 1 heterocycles. The molecule has 2 atom stereocenters. The van der Waals surface area contributed by atoms with Crippen LogP contribution in [0.2, 0.25) is 0 Å². The van der Waals surface area contributed by atoms with E-state index < -0.39 is 6.10 Å². The first kappa shape index (κ1) is 25.0. The van der Waals surface area contributed by atoms with E-state index >= 15 is 0 Å². The molecule has 1 aromatic heterocycles. The predicted octanol–water partition coefficient (Wildman–Crippen LogP) is 3.79. The van der Waals surface area contributed by atoms with E-state index in [9.17, 15) is 5.11 Å². The standard InChI is InChI=1S/C25H32ClN3O4/c1-18(12-26)16-32-23-8-4-19(5-9-23)25(2,3)20-6-10-24(11-7-20)33-17-22(31)14-29-13-21(15-30)27-28-29/h4-11,13,18,22,30-31H,12,14-17H2,1-3H3/t18-,22+/m1/s1. The quantitative estimate of drug-likeness (QED) is 0.389. The molecule has 0 spiro atoms. The fourth-order valence-electron chi connectivity index (χ4n) is 3.35. The number of aromatic nitrogens is 3. The van der Waals surface area contributed by atoms with Crippen LogP contribution in [0.4, 0.5) is 0 Å². The Kier molecular flexibility index (Phi) is 8.72. The minimum Gasteiger partial charge on any atom is -0.493 e. The molecule has 0 fully saturated rings. The molecule has 7 nitrogen and oxygen atoms in total. The van der Waals surface area contributed by atoms with E-state index in [4.69, 9.17) is 26.2 Å². The van der Waals surface area contributed by atoms with Gasteiger partial charge in [-0.2, -0.15) is 0 Å². The molecule has 2 aromatic carbocycles. The van der Waals surface area contributed by atoms with Crippen molar-refractivity contribution in [3.63, 3.8) is 0 Å². The molecule has 0 aliphatic rings. The van der Waals surface area contributed by atoms with Gasteiger partial charge in [0.1, 0.15) is 29.9 Å². The van der Waals surface area contributed by atoms with E-state index in [1.807, 2.05) is 36.4 Å². The summed E-state index contributed by atoms with van der Waals surface area (Å²) in [5, 5.41) is 26.9. The Hall–Kier alpha value is -2.61. The fraction of sp³-hybridized carbons (Fsp3) is 0.440. The van der Waals surface area contributed by atoms with Gasteiger partial charge >= 0.3 is 0 Å². The molecule has 178 valence electrons. The maximum Gasteiger partial charge on any atom is 0.119 e. The Bertz CT molecular complexity index is 990. The zero-order valence-corrected chi connectivity index (χ0v) is 20.1. The van der Waals surface area contributed by atoms with Gasteiger partial charge < -0.3 is 19.7 Å². The van der Waals surface area contributed by atoms with Gasteiger partial charge in [0.2, 0.25) is 0 Å². The van der Waals surface area contributed by atoms with E-state index in [0.29, 0.717) is 29.8 Å². The first-order chi connectivity index (χ1) is 15.8. The van der Waals surface area contributed by atoms with Crippen molar-refractivity contribution in [3.8, 4) is 11.5 Å². The third kappa shape index (κ3) is 6.93. The molecular formula is C25H32ClN3O4. The molecule has 2 N–H and O–H groups in total. The Balaban J connectivity index is 1.55. The summed E-state index contributed by atoms with van der Waals surface area (Å²) in [5.74, 6) is 2.41. The number of alkyl halides is 1. The summed E-state index contributed by atoms with van der Waals surface area (Å²) in [7, 11) is 0. The van der Waals surface area contributed by atoms with Gasteiger partial charge in [0.25, 0.3) is 0 Å². The third-order valence-corrected chi connectivity index (χ3v) is 6.07. The molecule has 3 aromatic rings. The van der Waals surface area contributed by atoms with Crippen molar-refractivity contribution in [2.45, 2.75) is 45.4 Å². The molecule has 0 amide bonds. The summed E-state index contributed by atoms with van der Waals surface area (Å²) < 4.78 is 13.0. The fourth-order valence-corrected chi connectivity index (χ4v) is 3.44. The van der Waals surface area contributed by atoms with E-state index in [1.54, 1.807) is 6.20 Å². The average Bonchev–Trinajstić information content (AvgIpc) is 3.29. The summed E-state index contributed by atoms with van der Waals surface area (Å²) in [4.78, 5) is 0. The minimum absolute atomic E-state index is 0.126. The van der Waals surface area contributed by atoms with Crippen LogP contribution in [-0.4, -0.2) is 50.4 Å². The van der Waals surface area contributed by atoms with E-state index in [1.165, 1.54) is 10.2 Å². The monoisotopic (exact) mass is 473 g/mol. The minimum atomic E-state index is -0.748. The van der Waals surface area contributed by atoms with Crippen molar-refractivity contribution in [1.29, 1.82) is 0 Å². The number of hydrogen-bond donors (Lipinski definition) is 2. The predicted molar refractivity (Wildman–Crippen MR) is 128 cm³/mol. The van der Waals surface area contributed by atoms with Crippen LogP contribution in [0.15, 0.2) is 54.7 Å². The van der Waals surface area contributed by atoms with Gasteiger partial charge in [0.05, 0.1) is 26.0 Å². The largest absolute Gasteiger partial charge is 0.493 e. The summed E-state index contributed by atoms with van der Waals surface area (Å²) >= 11 is 5.84. The first-order valence-electron chi connectivity index (χ1n) is 11.0.